The summed E-state index contributed by atoms with van der Waals surface area (Å²) < 4.78 is 46.0. The normalized spacial score (nSPS) is 11.9. The largest absolute Gasteiger partial charge is 0.497 e. The van der Waals surface area contributed by atoms with Gasteiger partial charge >= 0.3 is 6.03 Å². The number of nitrogens with one attached hydrogen (secondary N) is 2. The van der Waals surface area contributed by atoms with Crippen LogP contribution < -0.4 is 19.7 Å². The monoisotopic (exact) mass is 499 g/mol. The molecule has 8 nitrogen and oxygen atoms in total. The van der Waals surface area contributed by atoms with Gasteiger partial charge in [0.15, 0.2) is 0 Å². The number of benzene rings is 3. The molecule has 0 heterocycles. The summed E-state index contributed by atoms with van der Waals surface area (Å²) in [6.45, 7) is 2.08. The van der Waals surface area contributed by atoms with Crippen LogP contribution in [-0.2, 0) is 21.2 Å². The fourth-order valence-corrected chi connectivity index (χ4v) is 4.49. The van der Waals surface area contributed by atoms with Gasteiger partial charge in [-0.15, -0.1) is 0 Å². The third-order valence-corrected chi connectivity index (χ3v) is 6.57. The summed E-state index contributed by atoms with van der Waals surface area (Å²) in [5, 5.41) is 2.45. The van der Waals surface area contributed by atoms with Crippen molar-refractivity contribution in [3.8, 4) is 5.75 Å². The number of ether oxygens (including phenoxy) is 1. The zero-order valence-corrected chi connectivity index (χ0v) is 20.1. The highest BCUT2D eigenvalue weighted by molar-refractivity contribution is 7.90. The Bertz CT molecular complexity index is 1270. The van der Waals surface area contributed by atoms with E-state index in [0.29, 0.717) is 18.0 Å². The van der Waals surface area contributed by atoms with Gasteiger partial charge in [0.2, 0.25) is 5.91 Å². The first-order chi connectivity index (χ1) is 16.7. The molecule has 0 saturated heterocycles. The maximum Gasteiger partial charge on any atom is 0.329 e. The number of rotatable bonds is 9. The van der Waals surface area contributed by atoms with Crippen LogP contribution in [0.3, 0.4) is 0 Å². The van der Waals surface area contributed by atoms with E-state index in [0.717, 1.165) is 17.7 Å². The molecule has 1 atom stereocenters. The number of carbonyl (C=O) groups is 2. The minimum atomic E-state index is -4.50. The second-order valence-electron chi connectivity index (χ2n) is 7.53. The van der Waals surface area contributed by atoms with Crippen LogP contribution in [-0.4, -0.2) is 40.1 Å². The van der Waals surface area contributed by atoms with Crippen molar-refractivity contribution in [3.05, 3.63) is 90.2 Å². The SMILES string of the molecule is CCN(C(=O)[C@H](Cc1ccccc1)NC(=O)NS(=O)(=O)c1ccccc1F)c1ccc(OC)cc1. The first-order valence-corrected chi connectivity index (χ1v) is 12.3. The number of anilines is 1. The second kappa shape index (κ2) is 11.5. The Hall–Kier alpha value is -3.92. The number of sulfonamides is 1. The third kappa shape index (κ3) is 6.57. The Morgan fingerprint density at radius 3 is 2.20 bits per heavy atom. The summed E-state index contributed by atoms with van der Waals surface area (Å²) in [5.74, 6) is -0.824. The van der Waals surface area contributed by atoms with Crippen molar-refractivity contribution in [2.24, 2.45) is 0 Å². The minimum absolute atomic E-state index is 0.111. The van der Waals surface area contributed by atoms with E-state index in [1.165, 1.54) is 24.1 Å². The van der Waals surface area contributed by atoms with Crippen LogP contribution in [0, 0.1) is 5.82 Å². The van der Waals surface area contributed by atoms with E-state index in [9.17, 15) is 22.4 Å². The number of halogens is 1. The lowest BCUT2D eigenvalue weighted by molar-refractivity contribution is -0.120. The Morgan fingerprint density at radius 2 is 1.60 bits per heavy atom. The predicted molar refractivity (Wildman–Crippen MR) is 130 cm³/mol. The Kier molecular flexibility index (Phi) is 8.43. The van der Waals surface area contributed by atoms with E-state index in [4.69, 9.17) is 4.74 Å². The van der Waals surface area contributed by atoms with Gasteiger partial charge in [0.1, 0.15) is 22.5 Å². The number of amides is 3. The van der Waals surface area contributed by atoms with E-state index < -0.39 is 38.7 Å². The number of urea groups is 1. The molecule has 35 heavy (non-hydrogen) atoms. The lowest BCUT2D eigenvalue weighted by Crippen LogP contribution is -2.53. The number of hydrogen-bond donors (Lipinski definition) is 2. The van der Waals surface area contributed by atoms with E-state index in [-0.39, 0.29) is 6.42 Å². The molecule has 0 radical (unpaired) electrons. The smallest absolute Gasteiger partial charge is 0.329 e. The third-order valence-electron chi connectivity index (χ3n) is 5.21. The van der Waals surface area contributed by atoms with Gasteiger partial charge in [-0.1, -0.05) is 42.5 Å². The zero-order valence-electron chi connectivity index (χ0n) is 19.3. The summed E-state index contributed by atoms with van der Waals surface area (Å²) >= 11 is 0. The Balaban J connectivity index is 1.85. The molecule has 184 valence electrons. The molecule has 3 rings (SSSR count). The van der Waals surface area contributed by atoms with Crippen molar-refractivity contribution in [2.45, 2.75) is 24.3 Å². The average molecular weight is 500 g/mol. The quantitative estimate of drug-likeness (QED) is 0.469. The lowest BCUT2D eigenvalue weighted by atomic mass is 10.0. The molecule has 0 saturated carbocycles. The first-order valence-electron chi connectivity index (χ1n) is 10.8. The van der Waals surface area contributed by atoms with Crippen LogP contribution in [0.25, 0.3) is 0 Å². The molecule has 3 amide bonds. The molecule has 0 aliphatic carbocycles. The highest BCUT2D eigenvalue weighted by Crippen LogP contribution is 2.21. The van der Waals surface area contributed by atoms with Gasteiger partial charge in [-0.2, -0.15) is 0 Å². The zero-order chi connectivity index (χ0) is 25.4. The molecule has 3 aromatic rings. The molecule has 0 aliphatic heterocycles. The molecule has 0 bridgehead atoms. The van der Waals surface area contributed by atoms with Crippen molar-refractivity contribution in [1.29, 1.82) is 0 Å². The molecule has 0 aliphatic rings. The van der Waals surface area contributed by atoms with Crippen LogP contribution in [0.2, 0.25) is 0 Å². The van der Waals surface area contributed by atoms with Gasteiger partial charge in [-0.3, -0.25) is 4.79 Å². The molecular weight excluding hydrogens is 473 g/mol. The Labute approximate surface area is 203 Å². The van der Waals surface area contributed by atoms with Gasteiger partial charge in [0.25, 0.3) is 10.0 Å². The molecule has 0 fully saturated rings. The van der Waals surface area contributed by atoms with Gasteiger partial charge in [0, 0.05) is 18.7 Å². The summed E-state index contributed by atoms with van der Waals surface area (Å²) in [4.78, 5) is 27.0. The van der Waals surface area contributed by atoms with E-state index in [1.54, 1.807) is 60.2 Å². The summed E-state index contributed by atoms with van der Waals surface area (Å²) in [5.41, 5.74) is 1.34. The van der Waals surface area contributed by atoms with Crippen molar-refractivity contribution < 1.29 is 27.1 Å². The molecule has 0 aromatic heterocycles. The highest BCUT2D eigenvalue weighted by Gasteiger charge is 2.29. The lowest BCUT2D eigenvalue weighted by Gasteiger charge is -2.27. The van der Waals surface area contributed by atoms with Crippen LogP contribution in [0.4, 0.5) is 14.9 Å². The maximum absolute atomic E-state index is 14.0. The maximum atomic E-state index is 14.0. The summed E-state index contributed by atoms with van der Waals surface area (Å²) in [6.07, 6.45) is 0.111. The number of carbonyl (C=O) groups excluding carboxylic acids is 2. The van der Waals surface area contributed by atoms with Crippen LogP contribution in [0.1, 0.15) is 12.5 Å². The topological polar surface area (TPSA) is 105 Å². The van der Waals surface area contributed by atoms with E-state index in [2.05, 4.69) is 5.32 Å². The van der Waals surface area contributed by atoms with Gasteiger partial charge in [0.05, 0.1) is 7.11 Å². The molecule has 2 N–H and O–H groups in total. The van der Waals surface area contributed by atoms with Crippen molar-refractivity contribution >= 4 is 27.6 Å². The Morgan fingerprint density at radius 1 is 0.971 bits per heavy atom. The standard InChI is InChI=1S/C25H26FN3O5S/c1-3-29(19-13-15-20(34-2)16-14-19)24(30)22(17-18-9-5-4-6-10-18)27-25(31)28-35(32,33)23-12-8-7-11-21(23)26/h4-16,22H,3,17H2,1-2H3,(H2,27,28,31)/t22-/m0/s1. The van der Waals surface area contributed by atoms with Crippen LogP contribution in [0.5, 0.6) is 5.75 Å². The van der Waals surface area contributed by atoms with Crippen LogP contribution >= 0.6 is 0 Å². The average Bonchev–Trinajstić information content (AvgIpc) is 2.85. The van der Waals surface area contributed by atoms with E-state index >= 15 is 0 Å². The number of nitrogens with zero attached hydrogens (tertiary/aromatic N) is 1. The van der Waals surface area contributed by atoms with Crippen molar-refractivity contribution in [3.63, 3.8) is 0 Å². The van der Waals surface area contributed by atoms with Crippen molar-refractivity contribution in [2.75, 3.05) is 18.6 Å². The number of methoxy groups -OCH3 is 1. The van der Waals surface area contributed by atoms with Gasteiger partial charge in [-0.25, -0.2) is 22.3 Å². The fourth-order valence-electron chi connectivity index (χ4n) is 3.49. The van der Waals surface area contributed by atoms with E-state index in [1.807, 2.05) is 6.07 Å². The minimum Gasteiger partial charge on any atom is -0.497 e. The molecule has 3 aromatic carbocycles. The summed E-state index contributed by atoms with van der Waals surface area (Å²) in [6, 6.07) is 18.3. The number of hydrogen-bond acceptors (Lipinski definition) is 5. The predicted octanol–water partition coefficient (Wildman–Crippen LogP) is 3.49. The van der Waals surface area contributed by atoms with Crippen LogP contribution in [0.15, 0.2) is 83.8 Å². The first kappa shape index (κ1) is 25.7. The fraction of sp³-hybridized carbons (Fsp3) is 0.200. The number of likely N-dealkylation sites (N-methyl/N-ethyl adjacent to an activating group) is 1. The highest BCUT2D eigenvalue weighted by atomic mass is 32.2. The summed E-state index contributed by atoms with van der Waals surface area (Å²) in [7, 11) is -2.96. The second-order valence-corrected chi connectivity index (χ2v) is 9.18. The molecule has 0 unspecified atom stereocenters. The molecule has 10 heteroatoms. The van der Waals surface area contributed by atoms with Gasteiger partial charge in [-0.05, 0) is 48.9 Å². The molecular formula is C25H26FN3O5S. The molecule has 0 spiro atoms. The van der Waals surface area contributed by atoms with Gasteiger partial charge < -0.3 is 15.0 Å². The van der Waals surface area contributed by atoms with Crippen molar-refractivity contribution in [1.82, 2.24) is 10.0 Å².